The van der Waals surface area contributed by atoms with E-state index in [2.05, 4.69) is 0 Å². The molecule has 0 aliphatic heterocycles. The quantitative estimate of drug-likeness (QED) is 0.625. The van der Waals surface area contributed by atoms with Crippen molar-refractivity contribution in [1.29, 1.82) is 0 Å². The van der Waals surface area contributed by atoms with Crippen LogP contribution in [-0.4, -0.2) is 4.92 Å². The molecule has 0 atom stereocenters. The summed E-state index contributed by atoms with van der Waals surface area (Å²) in [6.07, 6.45) is 0. The Bertz CT molecular complexity index is 508. The molecule has 1 heterocycles. The van der Waals surface area contributed by atoms with Gasteiger partial charge in [-0.05, 0) is 17.2 Å². The molecule has 5 heteroatoms. The molecule has 0 aliphatic carbocycles. The van der Waals surface area contributed by atoms with Crippen molar-refractivity contribution >= 4 is 22.0 Å². The SMILES string of the molecule is Nc1cc(-c2cccc([N+](=O)[O-])c2)cs1. The van der Waals surface area contributed by atoms with Crippen LogP contribution in [0.5, 0.6) is 0 Å². The third-order valence-electron chi connectivity index (χ3n) is 2.01. The summed E-state index contributed by atoms with van der Waals surface area (Å²) in [6.45, 7) is 0. The van der Waals surface area contributed by atoms with Gasteiger partial charge in [0, 0.05) is 17.5 Å². The van der Waals surface area contributed by atoms with E-state index >= 15 is 0 Å². The van der Waals surface area contributed by atoms with Crippen LogP contribution >= 0.6 is 11.3 Å². The number of nitro benzene ring substituents is 1. The number of nitrogen functional groups attached to an aromatic ring is 1. The molecule has 15 heavy (non-hydrogen) atoms. The first-order chi connectivity index (χ1) is 7.16. The summed E-state index contributed by atoms with van der Waals surface area (Å²) in [5.74, 6) is 0. The summed E-state index contributed by atoms with van der Waals surface area (Å²) in [5.41, 5.74) is 7.43. The van der Waals surface area contributed by atoms with Crippen LogP contribution < -0.4 is 5.73 Å². The molecule has 0 saturated heterocycles. The zero-order valence-corrected chi connectivity index (χ0v) is 8.53. The number of rotatable bonds is 2. The van der Waals surface area contributed by atoms with Gasteiger partial charge in [-0.2, -0.15) is 0 Å². The minimum Gasteiger partial charge on any atom is -0.391 e. The fraction of sp³-hybridized carbons (Fsp3) is 0. The number of hydrogen-bond acceptors (Lipinski definition) is 4. The van der Waals surface area contributed by atoms with Crippen molar-refractivity contribution in [2.24, 2.45) is 0 Å². The number of hydrogen-bond donors (Lipinski definition) is 1. The summed E-state index contributed by atoms with van der Waals surface area (Å²) >= 11 is 1.42. The minimum absolute atomic E-state index is 0.0947. The molecular weight excluding hydrogens is 212 g/mol. The molecule has 0 spiro atoms. The van der Waals surface area contributed by atoms with Gasteiger partial charge in [-0.1, -0.05) is 12.1 Å². The summed E-state index contributed by atoms with van der Waals surface area (Å²) in [4.78, 5) is 10.2. The van der Waals surface area contributed by atoms with Gasteiger partial charge in [-0.3, -0.25) is 10.1 Å². The van der Waals surface area contributed by atoms with E-state index in [4.69, 9.17) is 5.73 Å². The lowest BCUT2D eigenvalue weighted by Crippen LogP contribution is -1.87. The van der Waals surface area contributed by atoms with Crippen molar-refractivity contribution in [2.75, 3.05) is 5.73 Å². The van der Waals surface area contributed by atoms with Gasteiger partial charge in [0.1, 0.15) is 0 Å². The third kappa shape index (κ3) is 1.97. The van der Waals surface area contributed by atoms with Crippen molar-refractivity contribution in [3.8, 4) is 11.1 Å². The first kappa shape index (κ1) is 9.67. The van der Waals surface area contributed by atoms with E-state index in [-0.39, 0.29) is 5.69 Å². The van der Waals surface area contributed by atoms with E-state index in [1.54, 1.807) is 12.1 Å². The van der Waals surface area contributed by atoms with Crippen molar-refractivity contribution < 1.29 is 4.92 Å². The fourth-order valence-electron chi connectivity index (χ4n) is 1.30. The Morgan fingerprint density at radius 2 is 2.07 bits per heavy atom. The van der Waals surface area contributed by atoms with Crippen molar-refractivity contribution in [3.05, 3.63) is 45.8 Å². The number of nitro groups is 1. The van der Waals surface area contributed by atoms with Crippen molar-refractivity contribution in [3.63, 3.8) is 0 Å². The maximum atomic E-state index is 10.6. The van der Waals surface area contributed by atoms with Crippen LogP contribution in [0.15, 0.2) is 35.7 Å². The topological polar surface area (TPSA) is 69.2 Å². The molecular formula is C10H8N2O2S. The smallest absolute Gasteiger partial charge is 0.270 e. The van der Waals surface area contributed by atoms with E-state index in [9.17, 15) is 10.1 Å². The monoisotopic (exact) mass is 220 g/mol. The van der Waals surface area contributed by atoms with Gasteiger partial charge in [0.15, 0.2) is 0 Å². The number of benzene rings is 1. The first-order valence-electron chi connectivity index (χ1n) is 4.25. The lowest BCUT2D eigenvalue weighted by Gasteiger charge is -1.96. The summed E-state index contributed by atoms with van der Waals surface area (Å²) in [7, 11) is 0. The summed E-state index contributed by atoms with van der Waals surface area (Å²) in [6, 6.07) is 8.32. The zero-order chi connectivity index (χ0) is 10.8. The second-order valence-corrected chi connectivity index (χ2v) is 3.99. The highest BCUT2D eigenvalue weighted by Crippen LogP contribution is 2.29. The van der Waals surface area contributed by atoms with Gasteiger partial charge in [0.05, 0.1) is 9.92 Å². The maximum Gasteiger partial charge on any atom is 0.270 e. The van der Waals surface area contributed by atoms with Crippen molar-refractivity contribution in [2.45, 2.75) is 0 Å². The highest BCUT2D eigenvalue weighted by molar-refractivity contribution is 7.14. The van der Waals surface area contributed by atoms with Gasteiger partial charge >= 0.3 is 0 Å². The van der Waals surface area contributed by atoms with Crippen molar-refractivity contribution in [1.82, 2.24) is 0 Å². The average Bonchev–Trinajstić information content (AvgIpc) is 2.65. The third-order valence-corrected chi connectivity index (χ3v) is 2.77. The standard InChI is InChI=1S/C10H8N2O2S/c11-10-5-8(6-15-10)7-2-1-3-9(4-7)12(13)14/h1-6H,11H2. The Morgan fingerprint density at radius 1 is 1.27 bits per heavy atom. The molecule has 4 nitrogen and oxygen atoms in total. The molecule has 0 fully saturated rings. The predicted molar refractivity (Wildman–Crippen MR) is 60.8 cm³/mol. The Morgan fingerprint density at radius 3 is 2.67 bits per heavy atom. The Labute approximate surface area is 90.1 Å². The van der Waals surface area contributed by atoms with Crippen LogP contribution in [0.3, 0.4) is 0 Å². The summed E-state index contributed by atoms with van der Waals surface area (Å²) in [5, 5.41) is 13.2. The number of nitrogens with two attached hydrogens (primary N) is 1. The van der Waals surface area contributed by atoms with Crippen LogP contribution in [0.25, 0.3) is 11.1 Å². The lowest BCUT2D eigenvalue weighted by atomic mass is 10.1. The van der Waals surface area contributed by atoms with Gasteiger partial charge in [0.2, 0.25) is 0 Å². The number of anilines is 1. The summed E-state index contributed by atoms with van der Waals surface area (Å²) < 4.78 is 0. The molecule has 0 saturated carbocycles. The van der Waals surface area contributed by atoms with Crippen LogP contribution in [0.1, 0.15) is 0 Å². The van der Waals surface area contributed by atoms with Crippen LogP contribution in [0.4, 0.5) is 10.7 Å². The molecule has 1 aromatic carbocycles. The molecule has 1 aromatic heterocycles. The lowest BCUT2D eigenvalue weighted by molar-refractivity contribution is -0.384. The van der Waals surface area contributed by atoms with E-state index < -0.39 is 4.92 Å². The molecule has 2 N–H and O–H groups in total. The van der Waals surface area contributed by atoms with Crippen LogP contribution in [0, 0.1) is 10.1 Å². The van der Waals surface area contributed by atoms with Gasteiger partial charge in [-0.15, -0.1) is 11.3 Å². The predicted octanol–water partition coefficient (Wildman–Crippen LogP) is 2.91. The average molecular weight is 220 g/mol. The second-order valence-electron chi connectivity index (χ2n) is 3.05. The molecule has 2 aromatic rings. The molecule has 0 radical (unpaired) electrons. The van der Waals surface area contributed by atoms with Crippen LogP contribution in [0.2, 0.25) is 0 Å². The minimum atomic E-state index is -0.404. The Kier molecular flexibility index (Phi) is 2.39. The number of thiophene rings is 1. The van der Waals surface area contributed by atoms with E-state index in [0.29, 0.717) is 5.00 Å². The highest BCUT2D eigenvalue weighted by Gasteiger charge is 2.07. The Hall–Kier alpha value is -1.88. The van der Waals surface area contributed by atoms with E-state index in [1.165, 1.54) is 17.4 Å². The number of non-ortho nitro benzene ring substituents is 1. The zero-order valence-electron chi connectivity index (χ0n) is 7.71. The molecule has 76 valence electrons. The largest absolute Gasteiger partial charge is 0.391 e. The maximum absolute atomic E-state index is 10.6. The first-order valence-corrected chi connectivity index (χ1v) is 5.13. The van der Waals surface area contributed by atoms with Gasteiger partial charge in [-0.25, -0.2) is 0 Å². The fourth-order valence-corrected chi connectivity index (χ4v) is 1.97. The molecule has 2 rings (SSSR count). The van der Waals surface area contributed by atoms with Gasteiger partial charge in [0.25, 0.3) is 5.69 Å². The van der Waals surface area contributed by atoms with Gasteiger partial charge < -0.3 is 5.73 Å². The second kappa shape index (κ2) is 3.70. The van der Waals surface area contributed by atoms with E-state index in [1.807, 2.05) is 17.5 Å². The number of nitrogens with zero attached hydrogens (tertiary/aromatic N) is 1. The highest BCUT2D eigenvalue weighted by atomic mass is 32.1. The normalized spacial score (nSPS) is 10.1. The molecule has 0 aliphatic rings. The Balaban J connectivity index is 2.45. The van der Waals surface area contributed by atoms with E-state index in [0.717, 1.165) is 11.1 Å². The molecule has 0 unspecified atom stereocenters. The van der Waals surface area contributed by atoms with Crippen LogP contribution in [-0.2, 0) is 0 Å². The molecule has 0 bridgehead atoms. The molecule has 0 amide bonds.